The van der Waals surface area contributed by atoms with E-state index in [0.717, 1.165) is 49.0 Å². The van der Waals surface area contributed by atoms with Crippen LogP contribution in [0.2, 0.25) is 0 Å². The van der Waals surface area contributed by atoms with Gasteiger partial charge in [-0.1, -0.05) is 31.1 Å². The summed E-state index contributed by atoms with van der Waals surface area (Å²) in [6.45, 7) is 6.00. The highest BCUT2D eigenvalue weighted by Crippen LogP contribution is 2.33. The normalized spacial score (nSPS) is 18.9. The summed E-state index contributed by atoms with van der Waals surface area (Å²) in [7, 11) is 2.08. The molecular formula is C18H23N5O. The largest absolute Gasteiger partial charge is 0.338 e. The Balaban J connectivity index is 1.59. The number of para-hydroxylation sites is 2. The van der Waals surface area contributed by atoms with Crippen LogP contribution in [0.4, 0.5) is 0 Å². The van der Waals surface area contributed by atoms with E-state index in [4.69, 9.17) is 9.51 Å². The van der Waals surface area contributed by atoms with Crippen molar-refractivity contribution in [2.45, 2.75) is 45.2 Å². The second kappa shape index (κ2) is 6.02. The molecule has 0 N–H and O–H groups in total. The van der Waals surface area contributed by atoms with Crippen LogP contribution in [0.5, 0.6) is 0 Å². The zero-order valence-electron chi connectivity index (χ0n) is 14.4. The van der Waals surface area contributed by atoms with Gasteiger partial charge >= 0.3 is 0 Å². The minimum Gasteiger partial charge on any atom is -0.338 e. The average Bonchev–Trinajstić information content (AvgIpc) is 3.28. The Labute approximate surface area is 141 Å². The SMILES string of the molecule is CC(C)c1noc([C@@H]2CCCN2Cc2nc3ccccc3n2C)n1. The molecule has 0 radical (unpaired) electrons. The number of imidazole rings is 1. The van der Waals surface area contributed by atoms with Gasteiger partial charge in [0.05, 0.1) is 23.6 Å². The van der Waals surface area contributed by atoms with Gasteiger partial charge in [-0.2, -0.15) is 4.98 Å². The maximum absolute atomic E-state index is 5.54. The predicted octanol–water partition coefficient (Wildman–Crippen LogP) is 3.42. The van der Waals surface area contributed by atoms with Crippen LogP contribution in [0.25, 0.3) is 11.0 Å². The minimum atomic E-state index is 0.199. The third-order valence-corrected chi connectivity index (χ3v) is 4.85. The van der Waals surface area contributed by atoms with Crippen LogP contribution in [-0.4, -0.2) is 31.1 Å². The van der Waals surface area contributed by atoms with E-state index in [1.165, 1.54) is 5.52 Å². The van der Waals surface area contributed by atoms with Crippen LogP contribution in [0, 0.1) is 0 Å². The van der Waals surface area contributed by atoms with E-state index in [2.05, 4.69) is 58.7 Å². The highest BCUT2D eigenvalue weighted by atomic mass is 16.5. The lowest BCUT2D eigenvalue weighted by atomic mass is 10.2. The molecule has 24 heavy (non-hydrogen) atoms. The van der Waals surface area contributed by atoms with Crippen molar-refractivity contribution in [3.05, 3.63) is 41.8 Å². The lowest BCUT2D eigenvalue weighted by Crippen LogP contribution is -2.24. The van der Waals surface area contributed by atoms with Crippen molar-refractivity contribution in [2.24, 2.45) is 7.05 Å². The maximum atomic E-state index is 5.54. The van der Waals surface area contributed by atoms with E-state index in [-0.39, 0.29) is 12.0 Å². The van der Waals surface area contributed by atoms with Gasteiger partial charge in [-0.15, -0.1) is 0 Å². The van der Waals surface area contributed by atoms with E-state index in [0.29, 0.717) is 0 Å². The molecule has 1 aromatic carbocycles. The maximum Gasteiger partial charge on any atom is 0.244 e. The monoisotopic (exact) mass is 325 g/mol. The van der Waals surface area contributed by atoms with E-state index in [1.54, 1.807) is 0 Å². The third kappa shape index (κ3) is 2.60. The molecule has 1 fully saturated rings. The number of benzene rings is 1. The second-order valence-electron chi connectivity index (χ2n) is 6.85. The summed E-state index contributed by atoms with van der Waals surface area (Å²) in [5.41, 5.74) is 2.22. The van der Waals surface area contributed by atoms with Crippen LogP contribution < -0.4 is 0 Å². The number of hydrogen-bond acceptors (Lipinski definition) is 5. The first-order valence-electron chi connectivity index (χ1n) is 8.61. The summed E-state index contributed by atoms with van der Waals surface area (Å²) < 4.78 is 7.72. The van der Waals surface area contributed by atoms with Gasteiger partial charge in [0.2, 0.25) is 5.89 Å². The Morgan fingerprint density at radius 2 is 2.08 bits per heavy atom. The van der Waals surface area contributed by atoms with Gasteiger partial charge in [0.15, 0.2) is 5.82 Å². The number of hydrogen-bond donors (Lipinski definition) is 0. The molecule has 2 aromatic heterocycles. The quantitative estimate of drug-likeness (QED) is 0.735. The molecule has 0 bridgehead atoms. The van der Waals surface area contributed by atoms with Crippen LogP contribution >= 0.6 is 0 Å². The topological polar surface area (TPSA) is 60.0 Å². The van der Waals surface area contributed by atoms with Crippen LogP contribution in [0.15, 0.2) is 28.8 Å². The predicted molar refractivity (Wildman–Crippen MR) is 91.5 cm³/mol. The molecule has 0 unspecified atom stereocenters. The molecule has 3 heterocycles. The Morgan fingerprint density at radius 1 is 1.25 bits per heavy atom. The van der Waals surface area contributed by atoms with Gasteiger partial charge in [-0.3, -0.25) is 4.90 Å². The number of aromatic nitrogens is 4. The Hall–Kier alpha value is -2.21. The summed E-state index contributed by atoms with van der Waals surface area (Å²) in [6.07, 6.45) is 2.21. The number of rotatable bonds is 4. The first-order valence-corrected chi connectivity index (χ1v) is 8.61. The molecule has 6 heteroatoms. The van der Waals surface area contributed by atoms with Crippen molar-refractivity contribution in [1.82, 2.24) is 24.6 Å². The van der Waals surface area contributed by atoms with Crippen molar-refractivity contribution in [3.8, 4) is 0 Å². The van der Waals surface area contributed by atoms with Crippen molar-refractivity contribution >= 4 is 11.0 Å². The fraction of sp³-hybridized carbons (Fsp3) is 0.500. The molecule has 3 aromatic rings. The molecule has 0 spiro atoms. The van der Waals surface area contributed by atoms with Crippen LogP contribution in [-0.2, 0) is 13.6 Å². The number of fused-ring (bicyclic) bond motifs is 1. The molecule has 0 aliphatic carbocycles. The molecule has 1 aliphatic rings. The van der Waals surface area contributed by atoms with Crippen molar-refractivity contribution in [1.29, 1.82) is 0 Å². The van der Waals surface area contributed by atoms with Crippen LogP contribution in [0.3, 0.4) is 0 Å². The average molecular weight is 325 g/mol. The Kier molecular flexibility index (Phi) is 3.84. The molecule has 1 atom stereocenters. The van der Waals surface area contributed by atoms with E-state index < -0.39 is 0 Å². The Bertz CT molecular complexity index is 850. The van der Waals surface area contributed by atoms with E-state index in [9.17, 15) is 0 Å². The minimum absolute atomic E-state index is 0.199. The summed E-state index contributed by atoms with van der Waals surface area (Å²) in [5, 5.41) is 4.12. The van der Waals surface area contributed by atoms with Gasteiger partial charge in [0.25, 0.3) is 0 Å². The Morgan fingerprint density at radius 3 is 2.83 bits per heavy atom. The molecular weight excluding hydrogens is 302 g/mol. The number of nitrogens with zero attached hydrogens (tertiary/aromatic N) is 5. The summed E-state index contributed by atoms with van der Waals surface area (Å²) in [4.78, 5) is 11.8. The molecule has 126 valence electrons. The van der Waals surface area contributed by atoms with Gasteiger partial charge in [0.1, 0.15) is 5.82 Å². The zero-order chi connectivity index (χ0) is 16.7. The molecule has 0 amide bonds. The summed E-state index contributed by atoms with van der Waals surface area (Å²) >= 11 is 0. The van der Waals surface area contributed by atoms with Gasteiger partial charge in [-0.05, 0) is 31.5 Å². The van der Waals surface area contributed by atoms with E-state index >= 15 is 0 Å². The van der Waals surface area contributed by atoms with E-state index in [1.807, 2.05) is 6.07 Å². The fourth-order valence-electron chi connectivity index (χ4n) is 3.43. The van der Waals surface area contributed by atoms with Crippen molar-refractivity contribution in [2.75, 3.05) is 6.54 Å². The van der Waals surface area contributed by atoms with Crippen molar-refractivity contribution < 1.29 is 4.52 Å². The van der Waals surface area contributed by atoms with Gasteiger partial charge < -0.3 is 9.09 Å². The number of aryl methyl sites for hydroxylation is 1. The molecule has 0 saturated carbocycles. The first-order chi connectivity index (χ1) is 11.6. The lowest BCUT2D eigenvalue weighted by Gasteiger charge is -2.21. The third-order valence-electron chi connectivity index (χ3n) is 4.85. The fourth-order valence-corrected chi connectivity index (χ4v) is 3.43. The second-order valence-corrected chi connectivity index (χ2v) is 6.85. The zero-order valence-corrected chi connectivity index (χ0v) is 14.4. The lowest BCUT2D eigenvalue weighted by molar-refractivity contribution is 0.195. The highest BCUT2D eigenvalue weighted by Gasteiger charge is 2.31. The number of likely N-dealkylation sites (tertiary alicyclic amines) is 1. The summed E-state index contributed by atoms with van der Waals surface area (Å²) in [6, 6.07) is 8.46. The molecule has 1 saturated heterocycles. The molecule has 4 rings (SSSR count). The highest BCUT2D eigenvalue weighted by molar-refractivity contribution is 5.75. The summed E-state index contributed by atoms with van der Waals surface area (Å²) in [5.74, 6) is 2.90. The first kappa shape index (κ1) is 15.3. The van der Waals surface area contributed by atoms with Gasteiger partial charge in [0, 0.05) is 13.0 Å². The molecule has 6 nitrogen and oxygen atoms in total. The van der Waals surface area contributed by atoms with Crippen LogP contribution in [0.1, 0.15) is 56.2 Å². The molecule has 1 aliphatic heterocycles. The standard InChI is InChI=1S/C18H23N5O/c1-12(2)17-20-18(24-21-17)15-9-6-10-23(15)11-16-19-13-7-4-5-8-14(13)22(16)3/h4-5,7-8,12,15H,6,9-11H2,1-3H3/t15-/m0/s1. The van der Waals surface area contributed by atoms with Crippen molar-refractivity contribution in [3.63, 3.8) is 0 Å². The van der Waals surface area contributed by atoms with Gasteiger partial charge in [-0.25, -0.2) is 4.98 Å². The smallest absolute Gasteiger partial charge is 0.244 e.